The number of carbonyl (C=O) groups excluding carboxylic acids is 1. The quantitative estimate of drug-likeness (QED) is 0.562. The van der Waals surface area contributed by atoms with E-state index in [0.717, 1.165) is 12.8 Å². The minimum Gasteiger partial charge on any atom is -0.459 e. The van der Waals surface area contributed by atoms with Gasteiger partial charge in [0.15, 0.2) is 11.9 Å². The Hall–Kier alpha value is -0.170. The van der Waals surface area contributed by atoms with Crippen LogP contribution in [0, 0.1) is 5.92 Å². The third-order valence-corrected chi connectivity index (χ3v) is 5.47. The molecule has 0 bridgehead atoms. The highest BCUT2D eigenvalue weighted by atomic mass is 79.9. The molecule has 0 saturated carbocycles. The summed E-state index contributed by atoms with van der Waals surface area (Å²) in [5.41, 5.74) is 0. The molecule has 2 fully saturated rings. The van der Waals surface area contributed by atoms with E-state index in [2.05, 4.69) is 15.9 Å². The smallest absolute Gasteiger partial charge is 0.335 e. The Morgan fingerprint density at radius 2 is 2.10 bits per heavy atom. The van der Waals surface area contributed by atoms with Crippen molar-refractivity contribution in [3.63, 3.8) is 0 Å². The first-order valence-corrected chi connectivity index (χ1v) is 8.08. The highest BCUT2D eigenvalue weighted by Crippen LogP contribution is 2.38. The molecule has 6 heteroatoms. The second-order valence-electron chi connectivity index (χ2n) is 5.45. The summed E-state index contributed by atoms with van der Waals surface area (Å²) in [6, 6.07) is 0. The monoisotopic (exact) mass is 350 g/mol. The van der Waals surface area contributed by atoms with Crippen LogP contribution >= 0.6 is 15.9 Å². The van der Waals surface area contributed by atoms with Gasteiger partial charge in [0.2, 0.25) is 0 Å². The van der Waals surface area contributed by atoms with Gasteiger partial charge < -0.3 is 18.9 Å². The molecule has 0 aromatic rings. The van der Waals surface area contributed by atoms with Crippen molar-refractivity contribution in [3.8, 4) is 0 Å². The van der Waals surface area contributed by atoms with Crippen molar-refractivity contribution in [2.45, 2.75) is 62.5 Å². The largest absolute Gasteiger partial charge is 0.459 e. The van der Waals surface area contributed by atoms with Crippen LogP contribution in [0.25, 0.3) is 0 Å². The van der Waals surface area contributed by atoms with E-state index in [1.54, 1.807) is 0 Å². The van der Waals surface area contributed by atoms with Gasteiger partial charge in [-0.15, -0.1) is 0 Å². The van der Waals surface area contributed by atoms with E-state index in [9.17, 15) is 4.79 Å². The summed E-state index contributed by atoms with van der Waals surface area (Å²) in [6.07, 6.45) is 0.738. The number of esters is 1. The van der Waals surface area contributed by atoms with Gasteiger partial charge >= 0.3 is 5.97 Å². The summed E-state index contributed by atoms with van der Waals surface area (Å²) in [5, 5.41) is 0. The van der Waals surface area contributed by atoms with Crippen LogP contribution in [0.1, 0.15) is 33.6 Å². The highest BCUT2D eigenvalue weighted by Gasteiger charge is 2.50. The zero-order valence-corrected chi connectivity index (χ0v) is 14.0. The maximum atomic E-state index is 11.7. The van der Waals surface area contributed by atoms with Crippen LogP contribution in [0.4, 0.5) is 0 Å². The molecule has 2 heterocycles. The second kappa shape index (κ2) is 6.30. The van der Waals surface area contributed by atoms with Crippen molar-refractivity contribution < 1.29 is 23.7 Å². The Kier molecular flexibility index (Phi) is 5.10. The van der Waals surface area contributed by atoms with Crippen LogP contribution in [0.2, 0.25) is 0 Å². The Bertz CT molecular complexity index is 357. The van der Waals surface area contributed by atoms with E-state index < -0.39 is 11.9 Å². The van der Waals surface area contributed by atoms with E-state index in [0.29, 0.717) is 6.61 Å². The molecule has 2 aliphatic heterocycles. The molecule has 0 aliphatic carbocycles. The number of hydrogen-bond acceptors (Lipinski definition) is 5. The average Bonchev–Trinajstić information content (AvgIpc) is 3.00. The van der Waals surface area contributed by atoms with Gasteiger partial charge in [0.1, 0.15) is 12.2 Å². The van der Waals surface area contributed by atoms with E-state index in [-0.39, 0.29) is 28.9 Å². The van der Waals surface area contributed by atoms with Gasteiger partial charge in [-0.1, -0.05) is 36.7 Å². The van der Waals surface area contributed by atoms with Crippen molar-refractivity contribution in [1.29, 1.82) is 0 Å². The van der Waals surface area contributed by atoms with Crippen LogP contribution in [-0.4, -0.2) is 48.6 Å². The zero-order chi connectivity index (χ0) is 14.9. The molecular formula is C14H23BrO5. The Morgan fingerprint density at radius 3 is 2.55 bits per heavy atom. The topological polar surface area (TPSA) is 54.0 Å². The highest BCUT2D eigenvalue weighted by molar-refractivity contribution is 9.09. The Balaban J connectivity index is 2.03. The normalized spacial score (nSPS) is 38.0. The second-order valence-corrected chi connectivity index (χ2v) is 6.50. The molecule has 0 spiro atoms. The number of rotatable bonds is 5. The molecule has 5 atom stereocenters. The number of ether oxygens (including phenoxy) is 4. The fourth-order valence-corrected chi connectivity index (χ4v) is 3.78. The molecule has 2 saturated heterocycles. The van der Waals surface area contributed by atoms with E-state index in [1.165, 1.54) is 7.11 Å². The van der Waals surface area contributed by atoms with Crippen molar-refractivity contribution in [1.82, 2.24) is 0 Å². The van der Waals surface area contributed by atoms with Crippen molar-refractivity contribution in [3.05, 3.63) is 0 Å². The first-order chi connectivity index (χ1) is 9.48. The van der Waals surface area contributed by atoms with Gasteiger partial charge in [0, 0.05) is 13.0 Å². The van der Waals surface area contributed by atoms with Crippen LogP contribution in [0.5, 0.6) is 0 Å². The SMILES string of the molecule is CCC1(CC)OC[C@H]([C@@H](Br)[C@H]2OC(=O)[C@H](OC)[C@H]2C)O1. The Labute approximate surface area is 128 Å². The summed E-state index contributed by atoms with van der Waals surface area (Å²) in [6.45, 7) is 6.57. The summed E-state index contributed by atoms with van der Waals surface area (Å²) in [4.78, 5) is 11.6. The summed E-state index contributed by atoms with van der Waals surface area (Å²) < 4.78 is 22.5. The lowest BCUT2D eigenvalue weighted by Crippen LogP contribution is -2.40. The molecule has 2 aliphatic rings. The molecule has 0 unspecified atom stereocenters. The molecular weight excluding hydrogens is 328 g/mol. The molecule has 0 radical (unpaired) electrons. The number of alkyl halides is 1. The predicted octanol–water partition coefficient (Wildman–Crippen LogP) is 2.26. The maximum absolute atomic E-state index is 11.7. The molecule has 5 nitrogen and oxygen atoms in total. The maximum Gasteiger partial charge on any atom is 0.335 e. The fourth-order valence-electron chi connectivity index (χ4n) is 2.93. The lowest BCUT2D eigenvalue weighted by molar-refractivity contribution is -0.174. The number of hydrogen-bond donors (Lipinski definition) is 0. The molecule has 0 amide bonds. The van der Waals surface area contributed by atoms with Crippen LogP contribution < -0.4 is 0 Å². The van der Waals surface area contributed by atoms with Gasteiger partial charge in [-0.2, -0.15) is 0 Å². The summed E-state index contributed by atoms with van der Waals surface area (Å²) in [5.74, 6) is -0.812. The van der Waals surface area contributed by atoms with Crippen molar-refractivity contribution >= 4 is 21.9 Å². The van der Waals surface area contributed by atoms with E-state index in [4.69, 9.17) is 18.9 Å². The molecule has 0 N–H and O–H groups in total. The zero-order valence-electron chi connectivity index (χ0n) is 12.4. The van der Waals surface area contributed by atoms with Gasteiger partial charge in [-0.05, 0) is 12.8 Å². The van der Waals surface area contributed by atoms with Gasteiger partial charge in [-0.25, -0.2) is 4.79 Å². The summed E-state index contributed by atoms with van der Waals surface area (Å²) >= 11 is 3.63. The molecule has 0 aromatic heterocycles. The minimum atomic E-state index is -0.497. The molecule has 20 heavy (non-hydrogen) atoms. The fraction of sp³-hybridized carbons (Fsp3) is 0.929. The van der Waals surface area contributed by atoms with Crippen LogP contribution in [0.3, 0.4) is 0 Å². The summed E-state index contributed by atoms with van der Waals surface area (Å²) in [7, 11) is 1.53. The number of cyclic esters (lactones) is 1. The van der Waals surface area contributed by atoms with Gasteiger partial charge in [0.05, 0.1) is 11.4 Å². The lowest BCUT2D eigenvalue weighted by Gasteiger charge is -2.28. The number of carbonyl (C=O) groups is 1. The standard InChI is InChI=1S/C14H23BrO5/c1-5-14(6-2)18-7-9(20-14)10(15)11-8(3)12(17-4)13(16)19-11/h8-12H,5-7H2,1-4H3/t8-,9+,10+,11-,12+/m0/s1. The van der Waals surface area contributed by atoms with Crippen molar-refractivity contribution in [2.24, 2.45) is 5.92 Å². The predicted molar refractivity (Wildman–Crippen MR) is 76.7 cm³/mol. The van der Waals surface area contributed by atoms with Crippen LogP contribution in [-0.2, 0) is 23.7 Å². The number of methoxy groups -OCH3 is 1. The number of halogens is 1. The van der Waals surface area contributed by atoms with E-state index >= 15 is 0 Å². The lowest BCUT2D eigenvalue weighted by atomic mass is 9.96. The first kappa shape index (κ1) is 16.2. The molecule has 0 aromatic carbocycles. The first-order valence-electron chi connectivity index (χ1n) is 7.17. The van der Waals surface area contributed by atoms with Crippen molar-refractivity contribution in [2.75, 3.05) is 13.7 Å². The van der Waals surface area contributed by atoms with Gasteiger partial charge in [-0.3, -0.25) is 0 Å². The third-order valence-electron chi connectivity index (χ3n) is 4.36. The van der Waals surface area contributed by atoms with Gasteiger partial charge in [0.25, 0.3) is 0 Å². The molecule has 2 rings (SSSR count). The third kappa shape index (κ3) is 2.75. The molecule has 116 valence electrons. The average molecular weight is 351 g/mol. The minimum absolute atomic E-state index is 0.0151. The van der Waals surface area contributed by atoms with E-state index in [1.807, 2.05) is 20.8 Å². The Morgan fingerprint density at radius 1 is 1.45 bits per heavy atom. The van der Waals surface area contributed by atoms with Crippen LogP contribution in [0.15, 0.2) is 0 Å².